The molecular weight excluding hydrogens is 168 g/mol. The van der Waals surface area contributed by atoms with Gasteiger partial charge in [-0.2, -0.15) is 0 Å². The summed E-state index contributed by atoms with van der Waals surface area (Å²) in [5.41, 5.74) is 6.25. The van der Waals surface area contributed by atoms with E-state index in [-0.39, 0.29) is 6.10 Å². The van der Waals surface area contributed by atoms with Crippen LogP contribution in [0.1, 0.15) is 6.42 Å². The highest BCUT2D eigenvalue weighted by Crippen LogP contribution is 2.15. The molecule has 1 atom stereocenters. The standard InChI is InChI=1S/C9H12N2O2/c10-7-1-3-11-9(5-7)13-8-2-4-12-6-8/h1,3,5,8H,2,4,6H2,(H2,10,11)/t8-/m0/s1. The molecule has 2 N–H and O–H groups in total. The van der Waals surface area contributed by atoms with Crippen molar-refractivity contribution < 1.29 is 9.47 Å². The second-order valence-corrected chi connectivity index (χ2v) is 3.03. The molecule has 70 valence electrons. The van der Waals surface area contributed by atoms with Crippen molar-refractivity contribution in [2.75, 3.05) is 18.9 Å². The number of ether oxygens (including phenoxy) is 2. The van der Waals surface area contributed by atoms with Crippen molar-refractivity contribution in [3.05, 3.63) is 18.3 Å². The zero-order chi connectivity index (χ0) is 9.10. The van der Waals surface area contributed by atoms with Crippen molar-refractivity contribution in [1.29, 1.82) is 0 Å². The van der Waals surface area contributed by atoms with Crippen LogP contribution in [-0.4, -0.2) is 24.3 Å². The molecule has 0 unspecified atom stereocenters. The van der Waals surface area contributed by atoms with Crippen LogP contribution < -0.4 is 10.5 Å². The predicted octanol–water partition coefficient (Wildman–Crippen LogP) is 0.831. The van der Waals surface area contributed by atoms with Crippen molar-refractivity contribution in [2.24, 2.45) is 0 Å². The smallest absolute Gasteiger partial charge is 0.215 e. The van der Waals surface area contributed by atoms with E-state index in [4.69, 9.17) is 15.2 Å². The average molecular weight is 180 g/mol. The Balaban J connectivity index is 2.00. The summed E-state index contributed by atoms with van der Waals surface area (Å²) in [5.74, 6) is 0.579. The molecule has 0 aliphatic carbocycles. The Morgan fingerprint density at radius 2 is 2.54 bits per heavy atom. The van der Waals surface area contributed by atoms with E-state index < -0.39 is 0 Å². The third-order valence-electron chi connectivity index (χ3n) is 1.93. The first-order valence-corrected chi connectivity index (χ1v) is 4.30. The Hall–Kier alpha value is -1.29. The normalized spacial score (nSPS) is 21.7. The lowest BCUT2D eigenvalue weighted by atomic mass is 10.3. The van der Waals surface area contributed by atoms with Gasteiger partial charge in [0.05, 0.1) is 13.2 Å². The predicted molar refractivity (Wildman–Crippen MR) is 48.5 cm³/mol. The van der Waals surface area contributed by atoms with Gasteiger partial charge in [0.2, 0.25) is 5.88 Å². The molecule has 0 spiro atoms. The zero-order valence-corrected chi connectivity index (χ0v) is 7.27. The number of anilines is 1. The van der Waals surface area contributed by atoms with Crippen LogP contribution in [-0.2, 0) is 4.74 Å². The van der Waals surface area contributed by atoms with Crippen LogP contribution >= 0.6 is 0 Å². The molecule has 0 saturated carbocycles. The molecule has 0 aromatic carbocycles. The average Bonchev–Trinajstić information content (AvgIpc) is 2.57. The summed E-state index contributed by atoms with van der Waals surface area (Å²) in [6.07, 6.45) is 2.70. The zero-order valence-electron chi connectivity index (χ0n) is 7.27. The van der Waals surface area contributed by atoms with Crippen LogP contribution in [0.25, 0.3) is 0 Å². The highest BCUT2D eigenvalue weighted by molar-refractivity contribution is 5.39. The van der Waals surface area contributed by atoms with E-state index in [1.165, 1.54) is 0 Å². The number of aromatic nitrogens is 1. The lowest BCUT2D eigenvalue weighted by molar-refractivity contribution is 0.138. The summed E-state index contributed by atoms with van der Waals surface area (Å²) in [6, 6.07) is 3.45. The second-order valence-electron chi connectivity index (χ2n) is 3.03. The van der Waals surface area contributed by atoms with E-state index in [9.17, 15) is 0 Å². The number of hydrogen-bond acceptors (Lipinski definition) is 4. The van der Waals surface area contributed by atoms with Gasteiger partial charge < -0.3 is 15.2 Å². The Kier molecular flexibility index (Phi) is 2.31. The van der Waals surface area contributed by atoms with E-state index in [1.54, 1.807) is 18.3 Å². The number of nitrogen functional groups attached to an aromatic ring is 1. The van der Waals surface area contributed by atoms with E-state index in [0.29, 0.717) is 18.2 Å². The van der Waals surface area contributed by atoms with Crippen LogP contribution in [0.3, 0.4) is 0 Å². The first kappa shape index (κ1) is 8.31. The summed E-state index contributed by atoms with van der Waals surface area (Å²) in [4.78, 5) is 4.05. The maximum Gasteiger partial charge on any atom is 0.215 e. The highest BCUT2D eigenvalue weighted by atomic mass is 16.5. The van der Waals surface area contributed by atoms with Gasteiger partial charge >= 0.3 is 0 Å². The monoisotopic (exact) mass is 180 g/mol. The molecule has 0 bridgehead atoms. The lowest BCUT2D eigenvalue weighted by Crippen LogP contribution is -2.16. The van der Waals surface area contributed by atoms with Crippen LogP contribution in [0.4, 0.5) is 5.69 Å². The van der Waals surface area contributed by atoms with Crippen molar-refractivity contribution in [3.63, 3.8) is 0 Å². The third kappa shape index (κ3) is 2.09. The van der Waals surface area contributed by atoms with Gasteiger partial charge in [-0.25, -0.2) is 4.98 Å². The van der Waals surface area contributed by atoms with Crippen LogP contribution in [0, 0.1) is 0 Å². The fourth-order valence-electron chi connectivity index (χ4n) is 1.27. The highest BCUT2D eigenvalue weighted by Gasteiger charge is 2.17. The van der Waals surface area contributed by atoms with Crippen LogP contribution in [0.2, 0.25) is 0 Å². The van der Waals surface area contributed by atoms with Crippen molar-refractivity contribution in [1.82, 2.24) is 4.98 Å². The largest absolute Gasteiger partial charge is 0.472 e. The second kappa shape index (κ2) is 3.62. The summed E-state index contributed by atoms with van der Waals surface area (Å²) in [7, 11) is 0. The first-order chi connectivity index (χ1) is 6.34. The number of nitrogens with zero attached hydrogens (tertiary/aromatic N) is 1. The van der Waals surface area contributed by atoms with Gasteiger partial charge in [0.1, 0.15) is 6.10 Å². The Bertz CT molecular complexity index is 285. The first-order valence-electron chi connectivity index (χ1n) is 4.30. The SMILES string of the molecule is Nc1ccnc(O[C@H]2CCOC2)c1. The molecule has 1 aromatic rings. The van der Waals surface area contributed by atoms with Gasteiger partial charge in [-0.3, -0.25) is 0 Å². The molecule has 2 heterocycles. The van der Waals surface area contributed by atoms with E-state index in [2.05, 4.69) is 4.98 Å². The van der Waals surface area contributed by atoms with E-state index in [0.717, 1.165) is 13.0 Å². The number of nitrogens with two attached hydrogens (primary N) is 1. The molecule has 1 saturated heterocycles. The molecule has 4 nitrogen and oxygen atoms in total. The fourth-order valence-corrected chi connectivity index (χ4v) is 1.27. The topological polar surface area (TPSA) is 57.4 Å². The number of hydrogen-bond donors (Lipinski definition) is 1. The van der Waals surface area contributed by atoms with Crippen LogP contribution in [0.5, 0.6) is 5.88 Å². The molecule has 0 amide bonds. The molecule has 1 aliphatic heterocycles. The van der Waals surface area contributed by atoms with Gasteiger partial charge in [0.15, 0.2) is 0 Å². The Morgan fingerprint density at radius 1 is 1.62 bits per heavy atom. The van der Waals surface area contributed by atoms with Crippen molar-refractivity contribution in [3.8, 4) is 5.88 Å². The maximum absolute atomic E-state index is 5.58. The van der Waals surface area contributed by atoms with Crippen LogP contribution in [0.15, 0.2) is 18.3 Å². The molecule has 1 aromatic heterocycles. The summed E-state index contributed by atoms with van der Waals surface area (Å²) in [5, 5.41) is 0. The van der Waals surface area contributed by atoms with Gasteiger partial charge in [-0.15, -0.1) is 0 Å². The molecule has 4 heteroatoms. The molecule has 13 heavy (non-hydrogen) atoms. The van der Waals surface area contributed by atoms with Gasteiger partial charge in [-0.1, -0.05) is 0 Å². The number of pyridine rings is 1. The molecule has 1 aliphatic rings. The molecule has 0 radical (unpaired) electrons. The minimum absolute atomic E-state index is 0.134. The number of rotatable bonds is 2. The quantitative estimate of drug-likeness (QED) is 0.732. The lowest BCUT2D eigenvalue weighted by Gasteiger charge is -2.10. The van der Waals surface area contributed by atoms with Crippen molar-refractivity contribution >= 4 is 5.69 Å². The van der Waals surface area contributed by atoms with E-state index >= 15 is 0 Å². The minimum Gasteiger partial charge on any atom is -0.472 e. The van der Waals surface area contributed by atoms with Gasteiger partial charge in [-0.05, 0) is 6.07 Å². The van der Waals surface area contributed by atoms with Crippen molar-refractivity contribution in [2.45, 2.75) is 12.5 Å². The molecule has 1 fully saturated rings. The van der Waals surface area contributed by atoms with Gasteiger partial charge in [0.25, 0.3) is 0 Å². The fraction of sp³-hybridized carbons (Fsp3) is 0.444. The Morgan fingerprint density at radius 3 is 3.23 bits per heavy atom. The molecule has 2 rings (SSSR count). The minimum atomic E-state index is 0.134. The van der Waals surface area contributed by atoms with E-state index in [1.807, 2.05) is 0 Å². The molecular formula is C9H12N2O2. The summed E-state index contributed by atoms with van der Waals surface area (Å²) < 4.78 is 10.7. The maximum atomic E-state index is 5.58. The van der Waals surface area contributed by atoms with Gasteiger partial charge in [0, 0.05) is 24.4 Å². The summed E-state index contributed by atoms with van der Waals surface area (Å²) >= 11 is 0. The Labute approximate surface area is 76.7 Å². The third-order valence-corrected chi connectivity index (χ3v) is 1.93. The summed E-state index contributed by atoms with van der Waals surface area (Å²) in [6.45, 7) is 1.42.